The van der Waals surface area contributed by atoms with Crippen LogP contribution in [0.25, 0.3) is 0 Å². The van der Waals surface area contributed by atoms with Crippen LogP contribution < -0.4 is 15.1 Å². The van der Waals surface area contributed by atoms with E-state index in [4.69, 9.17) is 9.02 Å². The molecule has 0 saturated heterocycles. The van der Waals surface area contributed by atoms with E-state index in [1.54, 1.807) is 11.9 Å². The molecule has 0 saturated carbocycles. The van der Waals surface area contributed by atoms with Gasteiger partial charge in [-0.1, -0.05) is 55.8 Å². The summed E-state index contributed by atoms with van der Waals surface area (Å²) >= 11 is 0. The normalized spacial score (nSPS) is 11.8. The quantitative estimate of drug-likeness (QED) is 0.243. The number of anilines is 1. The molecular formula is C26H31N3O4S. The fourth-order valence-corrected chi connectivity index (χ4v) is 3.37. The molecule has 1 N–H and O–H groups in total. The van der Waals surface area contributed by atoms with Crippen LogP contribution in [-0.4, -0.2) is 27.7 Å². The number of aryl methyl sites for hydroxylation is 1. The van der Waals surface area contributed by atoms with Gasteiger partial charge in [-0.3, -0.25) is 0 Å². The Bertz CT molecular complexity index is 1160. The van der Waals surface area contributed by atoms with Gasteiger partial charge in [-0.05, 0) is 60.4 Å². The Morgan fingerprint density at radius 1 is 0.941 bits per heavy atom. The van der Waals surface area contributed by atoms with E-state index in [0.717, 1.165) is 42.5 Å². The zero-order valence-corrected chi connectivity index (χ0v) is 20.6. The first kappa shape index (κ1) is 25.3. The second-order valence-electron chi connectivity index (χ2n) is 7.92. The van der Waals surface area contributed by atoms with E-state index in [2.05, 4.69) is 17.4 Å². The second-order valence-corrected chi connectivity index (χ2v) is 9.50. The van der Waals surface area contributed by atoms with Crippen molar-refractivity contribution in [2.75, 3.05) is 18.2 Å². The molecule has 0 aliphatic rings. The zero-order chi connectivity index (χ0) is 24.4. The van der Waals surface area contributed by atoms with Gasteiger partial charge in [-0.15, -0.1) is 4.28 Å². The number of guanidine groups is 1. The summed E-state index contributed by atoms with van der Waals surface area (Å²) in [6.45, 7) is 2.64. The highest BCUT2D eigenvalue weighted by atomic mass is 32.2. The van der Waals surface area contributed by atoms with Crippen LogP contribution in [-0.2, 0) is 27.4 Å². The molecule has 3 rings (SSSR count). The van der Waals surface area contributed by atoms with Gasteiger partial charge in [0, 0.05) is 12.7 Å². The van der Waals surface area contributed by atoms with Crippen LogP contribution in [0, 0.1) is 0 Å². The Balaban J connectivity index is 1.74. The van der Waals surface area contributed by atoms with Gasteiger partial charge < -0.3 is 9.64 Å². The van der Waals surface area contributed by atoms with Crippen LogP contribution in [0.4, 0.5) is 11.4 Å². The number of aliphatic imine (C=N–C) groups is 1. The predicted molar refractivity (Wildman–Crippen MR) is 137 cm³/mol. The number of hydrogen-bond donors (Lipinski definition) is 1. The van der Waals surface area contributed by atoms with E-state index in [1.807, 2.05) is 78.9 Å². The summed E-state index contributed by atoms with van der Waals surface area (Å²) in [7, 11) is -1.95. The minimum atomic E-state index is -3.72. The Kier molecular flexibility index (Phi) is 9.07. The van der Waals surface area contributed by atoms with Crippen molar-refractivity contribution < 1.29 is 17.4 Å². The Morgan fingerprint density at radius 2 is 1.62 bits per heavy atom. The van der Waals surface area contributed by atoms with Gasteiger partial charge in [0.25, 0.3) is 10.1 Å². The van der Waals surface area contributed by atoms with Crippen molar-refractivity contribution >= 4 is 27.5 Å². The fraction of sp³-hybridized carbons (Fsp3) is 0.269. The lowest BCUT2D eigenvalue weighted by molar-refractivity contribution is 0.269. The van der Waals surface area contributed by atoms with Crippen LogP contribution in [0.2, 0.25) is 0 Å². The summed E-state index contributed by atoms with van der Waals surface area (Å²) in [5.41, 5.74) is 6.24. The third-order valence-electron chi connectivity index (χ3n) is 5.06. The molecule has 3 aromatic carbocycles. The summed E-state index contributed by atoms with van der Waals surface area (Å²) < 4.78 is 33.8. The lowest BCUT2D eigenvalue weighted by Gasteiger charge is -2.22. The number of hydroxylamine groups is 1. The lowest BCUT2D eigenvalue weighted by atomic mass is 10.1. The average molecular weight is 482 g/mol. The monoisotopic (exact) mass is 481 g/mol. The Hall–Kier alpha value is -3.36. The third-order valence-corrected chi connectivity index (χ3v) is 5.45. The molecule has 0 fully saturated rings. The maximum absolute atomic E-state index is 11.6. The highest BCUT2D eigenvalue weighted by molar-refractivity contribution is 7.85. The minimum Gasteiger partial charge on any atom is -0.489 e. The van der Waals surface area contributed by atoms with Crippen LogP contribution in [0.3, 0.4) is 0 Å². The number of ether oxygens (including phenoxy) is 1. The van der Waals surface area contributed by atoms with Crippen molar-refractivity contribution in [2.24, 2.45) is 4.99 Å². The predicted octanol–water partition coefficient (Wildman–Crippen LogP) is 5.21. The molecular weight excluding hydrogens is 450 g/mol. The maximum atomic E-state index is 11.6. The SMILES string of the molecule is CCCCc1ccc(N=C(NOS(C)(=O)=O)N(C)c2ccc(OCc3ccccc3)cc2)cc1. The molecule has 0 heterocycles. The van der Waals surface area contributed by atoms with Crippen molar-refractivity contribution in [3.63, 3.8) is 0 Å². The molecule has 0 amide bonds. The van der Waals surface area contributed by atoms with Crippen LogP contribution in [0.1, 0.15) is 30.9 Å². The molecule has 0 spiro atoms. The third kappa shape index (κ3) is 8.20. The van der Waals surface area contributed by atoms with Gasteiger partial charge in [0.2, 0.25) is 5.96 Å². The van der Waals surface area contributed by atoms with Crippen molar-refractivity contribution in [1.82, 2.24) is 5.48 Å². The van der Waals surface area contributed by atoms with Crippen LogP contribution in [0.15, 0.2) is 83.9 Å². The number of nitrogens with zero attached hydrogens (tertiary/aromatic N) is 2. The maximum Gasteiger partial charge on any atom is 0.285 e. The molecule has 0 radical (unpaired) electrons. The number of rotatable bonds is 10. The molecule has 3 aromatic rings. The molecule has 0 aliphatic carbocycles. The average Bonchev–Trinajstić information content (AvgIpc) is 2.85. The lowest BCUT2D eigenvalue weighted by Crippen LogP contribution is -2.39. The summed E-state index contributed by atoms with van der Waals surface area (Å²) in [4.78, 5) is 6.27. The molecule has 180 valence electrons. The molecule has 34 heavy (non-hydrogen) atoms. The molecule has 0 unspecified atom stereocenters. The van der Waals surface area contributed by atoms with Gasteiger partial charge in [-0.25, -0.2) is 10.5 Å². The highest BCUT2D eigenvalue weighted by Crippen LogP contribution is 2.21. The first-order valence-electron chi connectivity index (χ1n) is 11.2. The van der Waals surface area contributed by atoms with E-state index in [1.165, 1.54) is 5.56 Å². The number of benzene rings is 3. The highest BCUT2D eigenvalue weighted by Gasteiger charge is 2.13. The van der Waals surface area contributed by atoms with E-state index in [9.17, 15) is 8.42 Å². The van der Waals surface area contributed by atoms with Gasteiger partial charge in [-0.2, -0.15) is 8.42 Å². The molecule has 0 aliphatic heterocycles. The minimum absolute atomic E-state index is 0.227. The van der Waals surface area contributed by atoms with E-state index < -0.39 is 10.1 Å². The number of nitrogens with one attached hydrogen (secondary N) is 1. The van der Waals surface area contributed by atoms with E-state index >= 15 is 0 Å². The molecule has 7 nitrogen and oxygen atoms in total. The van der Waals surface area contributed by atoms with Gasteiger partial charge in [0.15, 0.2) is 0 Å². The van der Waals surface area contributed by atoms with Crippen LogP contribution >= 0.6 is 0 Å². The number of hydrogen-bond acceptors (Lipinski definition) is 5. The topological polar surface area (TPSA) is 80.2 Å². The Morgan fingerprint density at radius 3 is 2.24 bits per heavy atom. The first-order chi connectivity index (χ1) is 16.3. The zero-order valence-electron chi connectivity index (χ0n) is 19.8. The van der Waals surface area contributed by atoms with Crippen molar-refractivity contribution in [3.8, 4) is 5.75 Å². The van der Waals surface area contributed by atoms with Gasteiger partial charge >= 0.3 is 0 Å². The molecule has 0 bridgehead atoms. The number of unbranched alkanes of at least 4 members (excludes halogenated alkanes) is 1. The molecule has 0 atom stereocenters. The smallest absolute Gasteiger partial charge is 0.285 e. The van der Waals surface area contributed by atoms with Crippen LogP contribution in [0.5, 0.6) is 5.75 Å². The van der Waals surface area contributed by atoms with Crippen molar-refractivity contribution in [3.05, 3.63) is 90.0 Å². The summed E-state index contributed by atoms with van der Waals surface area (Å²) in [5.74, 6) is 0.951. The standard InChI is InChI=1S/C26H31N3O4S/c1-4-5-9-21-12-14-23(15-13-21)27-26(28-33-34(3,30)31)29(2)24-16-18-25(19-17-24)32-20-22-10-7-6-8-11-22/h6-8,10-19H,4-5,9,20H2,1-3H3,(H,27,28). The molecule has 0 aromatic heterocycles. The van der Waals surface area contributed by atoms with E-state index in [0.29, 0.717) is 12.3 Å². The summed E-state index contributed by atoms with van der Waals surface area (Å²) in [6, 6.07) is 25.2. The summed E-state index contributed by atoms with van der Waals surface area (Å²) in [6.07, 6.45) is 4.25. The van der Waals surface area contributed by atoms with Gasteiger partial charge in [0.05, 0.1) is 11.9 Å². The molecule has 8 heteroatoms. The fourth-order valence-electron chi connectivity index (χ4n) is 3.15. The largest absolute Gasteiger partial charge is 0.489 e. The Labute approximate surface area is 202 Å². The second kappa shape index (κ2) is 12.2. The summed E-state index contributed by atoms with van der Waals surface area (Å²) in [5, 5.41) is 0. The van der Waals surface area contributed by atoms with Gasteiger partial charge in [0.1, 0.15) is 12.4 Å². The van der Waals surface area contributed by atoms with E-state index in [-0.39, 0.29) is 5.96 Å². The van der Waals surface area contributed by atoms with Crippen molar-refractivity contribution in [1.29, 1.82) is 0 Å². The first-order valence-corrected chi connectivity index (χ1v) is 13.0. The van der Waals surface area contributed by atoms with Crippen molar-refractivity contribution in [2.45, 2.75) is 32.8 Å².